The number of terminal acetylenes is 1. The third-order valence-electron chi connectivity index (χ3n) is 1.75. The Kier molecular flexibility index (Phi) is 3.15. The quantitative estimate of drug-likeness (QED) is 0.525. The van der Waals surface area contributed by atoms with E-state index in [9.17, 15) is 4.79 Å². The van der Waals surface area contributed by atoms with Gasteiger partial charge in [0.1, 0.15) is 0 Å². The van der Waals surface area contributed by atoms with Crippen molar-refractivity contribution < 1.29 is 4.79 Å². The van der Waals surface area contributed by atoms with E-state index in [4.69, 9.17) is 6.42 Å². The number of hydrogen-bond donors (Lipinski definition) is 2. The van der Waals surface area contributed by atoms with Gasteiger partial charge in [0.15, 0.2) is 0 Å². The van der Waals surface area contributed by atoms with Gasteiger partial charge in [0.2, 0.25) is 0 Å². The summed E-state index contributed by atoms with van der Waals surface area (Å²) in [5, 5.41) is 2.73. The molecule has 0 unspecified atom stereocenters. The van der Waals surface area contributed by atoms with Crippen LogP contribution in [0.2, 0.25) is 0 Å². The number of amides is 1. The maximum absolute atomic E-state index is 11.4. The molecular formula is C10H12N2O. The molecule has 1 rings (SSSR count). The zero-order valence-electron chi connectivity index (χ0n) is 7.55. The third-order valence-corrected chi connectivity index (χ3v) is 1.75. The topological polar surface area (TPSA) is 44.9 Å². The highest BCUT2D eigenvalue weighted by Gasteiger charge is 2.07. The standard InChI is InChI=1S/C10H12N2O/c1-3-4-5-12-10(13)9-7-11-6-8(9)2/h1,6-7,11H,4-5H2,2H3,(H,12,13). The molecule has 2 N–H and O–H groups in total. The minimum Gasteiger partial charge on any atom is -0.367 e. The van der Waals surface area contributed by atoms with E-state index < -0.39 is 0 Å². The number of carbonyl (C=O) groups is 1. The number of aryl methyl sites for hydroxylation is 1. The zero-order valence-corrected chi connectivity index (χ0v) is 7.55. The summed E-state index contributed by atoms with van der Waals surface area (Å²) < 4.78 is 0. The highest BCUT2D eigenvalue weighted by atomic mass is 16.1. The summed E-state index contributed by atoms with van der Waals surface area (Å²) in [7, 11) is 0. The number of H-pyrrole nitrogens is 1. The van der Waals surface area contributed by atoms with Gasteiger partial charge in [-0.1, -0.05) is 0 Å². The number of rotatable bonds is 3. The van der Waals surface area contributed by atoms with E-state index in [-0.39, 0.29) is 5.91 Å². The lowest BCUT2D eigenvalue weighted by Crippen LogP contribution is -2.24. The highest BCUT2D eigenvalue weighted by molar-refractivity contribution is 5.95. The second-order valence-electron chi connectivity index (χ2n) is 2.76. The van der Waals surface area contributed by atoms with Crippen molar-refractivity contribution in [1.29, 1.82) is 0 Å². The van der Waals surface area contributed by atoms with Crippen LogP contribution in [0.25, 0.3) is 0 Å². The fourth-order valence-corrected chi connectivity index (χ4v) is 1.03. The fourth-order valence-electron chi connectivity index (χ4n) is 1.03. The van der Waals surface area contributed by atoms with Crippen molar-refractivity contribution >= 4 is 5.91 Å². The Balaban J connectivity index is 2.50. The minimum atomic E-state index is -0.0750. The first-order valence-electron chi connectivity index (χ1n) is 4.10. The predicted octanol–water partition coefficient (Wildman–Crippen LogP) is 1.08. The van der Waals surface area contributed by atoms with Crippen LogP contribution in [0.3, 0.4) is 0 Å². The molecule has 0 atom stereocenters. The van der Waals surface area contributed by atoms with Gasteiger partial charge in [-0.3, -0.25) is 4.79 Å². The first-order chi connectivity index (χ1) is 6.25. The lowest BCUT2D eigenvalue weighted by atomic mass is 10.2. The molecule has 0 saturated carbocycles. The SMILES string of the molecule is C#CCCNC(=O)c1c[nH]cc1C. The van der Waals surface area contributed by atoms with Gasteiger partial charge < -0.3 is 10.3 Å². The molecule has 1 aromatic rings. The molecule has 0 aliphatic heterocycles. The molecule has 0 bridgehead atoms. The fraction of sp³-hybridized carbons (Fsp3) is 0.300. The normalized spacial score (nSPS) is 9.23. The Morgan fingerprint density at radius 1 is 1.69 bits per heavy atom. The van der Waals surface area contributed by atoms with Crippen LogP contribution in [0.15, 0.2) is 12.4 Å². The van der Waals surface area contributed by atoms with Crippen LogP contribution in [0.4, 0.5) is 0 Å². The number of aromatic amines is 1. The maximum Gasteiger partial charge on any atom is 0.253 e. The Morgan fingerprint density at radius 2 is 2.46 bits per heavy atom. The Bertz CT molecular complexity index is 333. The van der Waals surface area contributed by atoms with E-state index >= 15 is 0 Å². The van der Waals surface area contributed by atoms with Crippen LogP contribution in [0.1, 0.15) is 22.3 Å². The first kappa shape index (κ1) is 9.40. The molecule has 13 heavy (non-hydrogen) atoms. The smallest absolute Gasteiger partial charge is 0.253 e. The molecule has 0 saturated heterocycles. The minimum absolute atomic E-state index is 0.0750. The molecule has 3 nitrogen and oxygen atoms in total. The lowest BCUT2D eigenvalue weighted by Gasteiger charge is -2.00. The first-order valence-corrected chi connectivity index (χ1v) is 4.10. The summed E-state index contributed by atoms with van der Waals surface area (Å²) >= 11 is 0. The summed E-state index contributed by atoms with van der Waals surface area (Å²) in [4.78, 5) is 14.3. The van der Waals surface area contributed by atoms with Crippen molar-refractivity contribution in [1.82, 2.24) is 10.3 Å². The highest BCUT2D eigenvalue weighted by Crippen LogP contribution is 2.04. The number of nitrogens with one attached hydrogen (secondary N) is 2. The van der Waals surface area contributed by atoms with Gasteiger partial charge in [0.05, 0.1) is 5.56 Å². The van der Waals surface area contributed by atoms with Crippen molar-refractivity contribution in [2.45, 2.75) is 13.3 Å². The molecule has 0 fully saturated rings. The lowest BCUT2D eigenvalue weighted by molar-refractivity contribution is 0.0954. The van der Waals surface area contributed by atoms with E-state index in [0.717, 1.165) is 5.56 Å². The molecule has 0 aliphatic carbocycles. The molecule has 1 heterocycles. The van der Waals surface area contributed by atoms with Gasteiger partial charge >= 0.3 is 0 Å². The summed E-state index contributed by atoms with van der Waals surface area (Å²) in [5.41, 5.74) is 1.62. The Labute approximate surface area is 77.5 Å². The predicted molar refractivity (Wildman–Crippen MR) is 51.3 cm³/mol. The number of hydrogen-bond acceptors (Lipinski definition) is 1. The van der Waals surface area contributed by atoms with Crippen molar-refractivity contribution in [3.8, 4) is 12.3 Å². The molecule has 0 radical (unpaired) electrons. The summed E-state index contributed by atoms with van der Waals surface area (Å²) in [6.07, 6.45) is 9.09. The molecular weight excluding hydrogens is 164 g/mol. The molecule has 1 amide bonds. The maximum atomic E-state index is 11.4. The van der Waals surface area contributed by atoms with Crippen molar-refractivity contribution in [2.24, 2.45) is 0 Å². The van der Waals surface area contributed by atoms with Gasteiger partial charge in [0, 0.05) is 25.4 Å². The van der Waals surface area contributed by atoms with E-state index in [1.807, 2.05) is 6.92 Å². The summed E-state index contributed by atoms with van der Waals surface area (Å²) in [5.74, 6) is 2.39. The van der Waals surface area contributed by atoms with E-state index in [0.29, 0.717) is 18.5 Å². The van der Waals surface area contributed by atoms with Gasteiger partial charge in [0.25, 0.3) is 5.91 Å². The van der Waals surface area contributed by atoms with E-state index in [1.54, 1.807) is 12.4 Å². The summed E-state index contributed by atoms with van der Waals surface area (Å²) in [6, 6.07) is 0. The van der Waals surface area contributed by atoms with E-state index in [1.165, 1.54) is 0 Å². The van der Waals surface area contributed by atoms with Gasteiger partial charge in [-0.05, 0) is 12.5 Å². The van der Waals surface area contributed by atoms with Crippen molar-refractivity contribution in [2.75, 3.05) is 6.54 Å². The largest absolute Gasteiger partial charge is 0.367 e. The van der Waals surface area contributed by atoms with Gasteiger partial charge in [-0.25, -0.2) is 0 Å². The van der Waals surface area contributed by atoms with Gasteiger partial charge in [-0.15, -0.1) is 12.3 Å². The van der Waals surface area contributed by atoms with Crippen LogP contribution in [0.5, 0.6) is 0 Å². The zero-order chi connectivity index (χ0) is 9.68. The van der Waals surface area contributed by atoms with Crippen LogP contribution >= 0.6 is 0 Å². The molecule has 0 aliphatic rings. The van der Waals surface area contributed by atoms with Gasteiger partial charge in [-0.2, -0.15) is 0 Å². The molecule has 1 aromatic heterocycles. The Hall–Kier alpha value is -1.69. The van der Waals surface area contributed by atoms with Crippen LogP contribution in [-0.4, -0.2) is 17.4 Å². The van der Waals surface area contributed by atoms with Crippen molar-refractivity contribution in [3.05, 3.63) is 23.5 Å². The van der Waals surface area contributed by atoms with E-state index in [2.05, 4.69) is 16.2 Å². The number of carbonyl (C=O) groups excluding carboxylic acids is 1. The second kappa shape index (κ2) is 4.36. The second-order valence-corrected chi connectivity index (χ2v) is 2.76. The summed E-state index contributed by atoms with van der Waals surface area (Å²) in [6.45, 7) is 2.41. The van der Waals surface area contributed by atoms with Crippen LogP contribution in [0, 0.1) is 19.3 Å². The average molecular weight is 176 g/mol. The molecule has 0 spiro atoms. The average Bonchev–Trinajstić information content (AvgIpc) is 2.52. The molecule has 0 aromatic carbocycles. The molecule has 68 valence electrons. The third kappa shape index (κ3) is 2.38. The number of aromatic nitrogens is 1. The monoisotopic (exact) mass is 176 g/mol. The van der Waals surface area contributed by atoms with Crippen LogP contribution in [-0.2, 0) is 0 Å². The van der Waals surface area contributed by atoms with Crippen LogP contribution < -0.4 is 5.32 Å². The Morgan fingerprint density at radius 3 is 3.00 bits per heavy atom. The molecule has 3 heteroatoms. The van der Waals surface area contributed by atoms with Crippen molar-refractivity contribution in [3.63, 3.8) is 0 Å².